The van der Waals surface area contributed by atoms with Gasteiger partial charge >= 0.3 is 0 Å². The zero-order valence-corrected chi connectivity index (χ0v) is 18.9. The van der Waals surface area contributed by atoms with Crippen molar-refractivity contribution in [1.82, 2.24) is 29.0 Å². The first kappa shape index (κ1) is 20.4. The summed E-state index contributed by atoms with van der Waals surface area (Å²) in [5.41, 5.74) is 5.92. The molecule has 5 aromatic rings. The Hall–Kier alpha value is -3.20. The number of benzene rings is 1. The number of aryl methyl sites for hydroxylation is 1. The van der Waals surface area contributed by atoms with E-state index in [1.807, 2.05) is 29.5 Å². The van der Waals surface area contributed by atoms with E-state index in [1.165, 1.54) is 0 Å². The molecule has 1 N–H and O–H groups in total. The molecule has 1 unspecified atom stereocenters. The lowest BCUT2D eigenvalue weighted by atomic mass is 10.1. The predicted molar refractivity (Wildman–Crippen MR) is 125 cm³/mol. The Bertz CT molecular complexity index is 1460. The van der Waals surface area contributed by atoms with Crippen molar-refractivity contribution in [3.63, 3.8) is 0 Å². The normalized spacial score (nSPS) is 17.0. The van der Waals surface area contributed by atoms with E-state index in [0.29, 0.717) is 24.0 Å². The van der Waals surface area contributed by atoms with Gasteiger partial charge in [-0.25, -0.2) is 4.98 Å². The molecule has 0 amide bonds. The molecule has 0 spiro atoms. The molecular formula is C24H23ClN6O2. The number of aromatic nitrogens is 5. The number of fused-ring (bicyclic) bond motifs is 3. The van der Waals surface area contributed by atoms with Gasteiger partial charge < -0.3 is 14.1 Å². The Morgan fingerprint density at radius 1 is 1.09 bits per heavy atom. The second kappa shape index (κ2) is 7.98. The summed E-state index contributed by atoms with van der Waals surface area (Å²) in [7, 11) is 0. The zero-order chi connectivity index (χ0) is 22.5. The third-order valence-corrected chi connectivity index (χ3v) is 6.48. The molecule has 1 fully saturated rings. The number of aliphatic hydroxyl groups is 1. The Balaban J connectivity index is 1.44. The molecule has 6 rings (SSSR count). The van der Waals surface area contributed by atoms with Crippen LogP contribution in [0.2, 0.25) is 5.02 Å². The third kappa shape index (κ3) is 3.70. The lowest BCUT2D eigenvalue weighted by molar-refractivity contribution is 0.175. The van der Waals surface area contributed by atoms with E-state index >= 15 is 0 Å². The van der Waals surface area contributed by atoms with Crippen LogP contribution in [0.4, 0.5) is 0 Å². The minimum atomic E-state index is -0.240. The number of halogens is 1. The second-order valence-corrected chi connectivity index (χ2v) is 9.08. The van der Waals surface area contributed by atoms with E-state index in [4.69, 9.17) is 16.0 Å². The number of likely N-dealkylation sites (tertiary alicyclic amines) is 1. The van der Waals surface area contributed by atoms with Gasteiger partial charge in [0.25, 0.3) is 0 Å². The van der Waals surface area contributed by atoms with Crippen molar-refractivity contribution in [3.05, 3.63) is 70.8 Å². The first-order valence-corrected chi connectivity index (χ1v) is 11.4. The summed E-state index contributed by atoms with van der Waals surface area (Å²) in [5, 5.41) is 19.1. The molecule has 1 aromatic carbocycles. The van der Waals surface area contributed by atoms with Crippen molar-refractivity contribution in [1.29, 1.82) is 0 Å². The van der Waals surface area contributed by atoms with Gasteiger partial charge in [-0.05, 0) is 54.8 Å². The lowest BCUT2D eigenvalue weighted by Crippen LogP contribution is -2.21. The van der Waals surface area contributed by atoms with Crippen LogP contribution in [-0.4, -0.2) is 53.3 Å². The van der Waals surface area contributed by atoms with Crippen molar-refractivity contribution >= 4 is 28.3 Å². The van der Waals surface area contributed by atoms with Gasteiger partial charge in [-0.15, -0.1) is 10.2 Å². The fraction of sp³-hybridized carbons (Fsp3) is 0.292. The number of hydrogen-bond acceptors (Lipinski definition) is 6. The van der Waals surface area contributed by atoms with E-state index < -0.39 is 0 Å². The number of rotatable bonds is 5. The smallest absolute Gasteiger partial charge is 0.243 e. The molecular weight excluding hydrogens is 440 g/mol. The Kier molecular flexibility index (Phi) is 4.94. The summed E-state index contributed by atoms with van der Waals surface area (Å²) in [5.74, 6) is 1.38. The molecule has 0 aliphatic carbocycles. The fourth-order valence-electron chi connectivity index (χ4n) is 4.84. The monoisotopic (exact) mass is 462 g/mol. The van der Waals surface area contributed by atoms with Crippen molar-refractivity contribution < 1.29 is 9.52 Å². The Morgan fingerprint density at radius 2 is 1.94 bits per heavy atom. The van der Waals surface area contributed by atoms with Crippen LogP contribution >= 0.6 is 11.6 Å². The predicted octanol–water partition coefficient (Wildman–Crippen LogP) is 3.92. The number of oxazole rings is 1. The highest BCUT2D eigenvalue weighted by atomic mass is 35.5. The van der Waals surface area contributed by atoms with Gasteiger partial charge in [0.05, 0.1) is 23.3 Å². The van der Waals surface area contributed by atoms with Gasteiger partial charge in [0.1, 0.15) is 17.8 Å². The molecule has 33 heavy (non-hydrogen) atoms. The molecule has 0 saturated carbocycles. The molecule has 9 heteroatoms. The SMILES string of the molecule is Cc1nnc2ccc3c(cc(-c4ncco4)n3Cc3cc(Cl)cc(CN4CCC(O)C4)c3)n12. The van der Waals surface area contributed by atoms with Crippen LogP contribution < -0.4 is 0 Å². The van der Waals surface area contributed by atoms with E-state index in [1.54, 1.807) is 12.5 Å². The minimum absolute atomic E-state index is 0.240. The molecule has 5 heterocycles. The fourth-order valence-corrected chi connectivity index (χ4v) is 5.12. The highest BCUT2D eigenvalue weighted by molar-refractivity contribution is 6.30. The van der Waals surface area contributed by atoms with Crippen LogP contribution in [0.3, 0.4) is 0 Å². The molecule has 1 atom stereocenters. The van der Waals surface area contributed by atoms with E-state index in [0.717, 1.165) is 58.8 Å². The van der Waals surface area contributed by atoms with Crippen LogP contribution in [0.25, 0.3) is 28.3 Å². The quantitative estimate of drug-likeness (QED) is 0.426. The van der Waals surface area contributed by atoms with Crippen LogP contribution in [0, 0.1) is 6.92 Å². The summed E-state index contributed by atoms with van der Waals surface area (Å²) in [4.78, 5) is 6.66. The van der Waals surface area contributed by atoms with Gasteiger partial charge in [0, 0.05) is 31.2 Å². The van der Waals surface area contributed by atoms with Crippen LogP contribution in [-0.2, 0) is 13.1 Å². The number of β-amino-alcohol motifs (C(OH)–C–C–N with tert-alkyl or cyclic N) is 1. The molecule has 1 aliphatic heterocycles. The molecule has 1 saturated heterocycles. The highest BCUT2D eigenvalue weighted by Gasteiger charge is 2.21. The largest absolute Gasteiger partial charge is 0.443 e. The molecule has 0 bridgehead atoms. The molecule has 1 aliphatic rings. The second-order valence-electron chi connectivity index (χ2n) is 8.64. The minimum Gasteiger partial charge on any atom is -0.443 e. The van der Waals surface area contributed by atoms with E-state index in [2.05, 4.69) is 42.8 Å². The van der Waals surface area contributed by atoms with Gasteiger partial charge in [-0.1, -0.05) is 17.7 Å². The number of pyridine rings is 1. The topological polar surface area (TPSA) is 84.6 Å². The van der Waals surface area contributed by atoms with Gasteiger partial charge in [-0.3, -0.25) is 9.30 Å². The summed E-state index contributed by atoms with van der Waals surface area (Å²) < 4.78 is 9.90. The van der Waals surface area contributed by atoms with Gasteiger partial charge in [-0.2, -0.15) is 0 Å². The summed E-state index contributed by atoms with van der Waals surface area (Å²) in [6.07, 6.45) is 3.81. The van der Waals surface area contributed by atoms with Gasteiger partial charge in [0.2, 0.25) is 5.89 Å². The van der Waals surface area contributed by atoms with Gasteiger partial charge in [0.15, 0.2) is 5.65 Å². The van der Waals surface area contributed by atoms with Crippen molar-refractivity contribution in [2.24, 2.45) is 0 Å². The highest BCUT2D eigenvalue weighted by Crippen LogP contribution is 2.30. The van der Waals surface area contributed by atoms with E-state index in [9.17, 15) is 5.11 Å². The zero-order valence-electron chi connectivity index (χ0n) is 18.1. The number of hydrogen-bond donors (Lipinski definition) is 1. The summed E-state index contributed by atoms with van der Waals surface area (Å²) >= 11 is 6.52. The first-order chi connectivity index (χ1) is 16.0. The maximum Gasteiger partial charge on any atom is 0.243 e. The van der Waals surface area contributed by atoms with E-state index in [-0.39, 0.29) is 6.10 Å². The molecule has 168 valence electrons. The van der Waals surface area contributed by atoms with Crippen molar-refractivity contribution in [2.75, 3.05) is 13.1 Å². The average Bonchev–Trinajstić information content (AvgIpc) is 3.56. The summed E-state index contributed by atoms with van der Waals surface area (Å²) in [6.45, 7) is 4.91. The maximum atomic E-state index is 9.86. The van der Waals surface area contributed by atoms with Crippen LogP contribution in [0.1, 0.15) is 23.4 Å². The van der Waals surface area contributed by atoms with Crippen LogP contribution in [0.5, 0.6) is 0 Å². The van der Waals surface area contributed by atoms with Crippen molar-refractivity contribution in [2.45, 2.75) is 32.5 Å². The maximum absolute atomic E-state index is 9.86. The standard InChI is InChI=1S/C24H23ClN6O2/c1-15-27-28-23-3-2-20-21(31(15)23)11-22(24-26-5-7-33-24)30(20)13-17-8-16(9-18(25)10-17)12-29-6-4-19(32)14-29/h2-3,5,7-11,19,32H,4,6,12-14H2,1H3. The lowest BCUT2D eigenvalue weighted by Gasteiger charge is -2.17. The first-order valence-electron chi connectivity index (χ1n) is 11.0. The number of aliphatic hydroxyl groups excluding tert-OH is 1. The molecule has 8 nitrogen and oxygen atoms in total. The van der Waals surface area contributed by atoms with Crippen molar-refractivity contribution in [3.8, 4) is 11.6 Å². The number of nitrogens with zero attached hydrogens (tertiary/aromatic N) is 6. The molecule has 4 aromatic heterocycles. The van der Waals surface area contributed by atoms with Crippen LogP contribution in [0.15, 0.2) is 53.3 Å². The third-order valence-electron chi connectivity index (χ3n) is 6.26. The summed E-state index contributed by atoms with van der Waals surface area (Å²) in [6, 6.07) is 12.3. The average molecular weight is 463 g/mol. The Labute approximate surface area is 195 Å². The Morgan fingerprint density at radius 3 is 2.70 bits per heavy atom. The molecule has 0 radical (unpaired) electrons.